The Bertz CT molecular complexity index is 1210. The average molecular weight is 466 g/mol. The molecule has 1 N–H and O–H groups in total. The summed E-state index contributed by atoms with van der Waals surface area (Å²) >= 11 is 7.50. The summed E-state index contributed by atoms with van der Waals surface area (Å²) in [5, 5.41) is 3.60. The molecule has 0 saturated heterocycles. The summed E-state index contributed by atoms with van der Waals surface area (Å²) in [6, 6.07) is 25.8. The molecule has 0 saturated carbocycles. The van der Waals surface area contributed by atoms with Crippen molar-refractivity contribution in [2.75, 3.05) is 12.4 Å². The van der Waals surface area contributed by atoms with E-state index in [1.54, 1.807) is 25.3 Å². The topological polar surface area (TPSA) is 60.7 Å². The van der Waals surface area contributed by atoms with Crippen LogP contribution in [0.15, 0.2) is 99.1 Å². The standard InChI is InChI=1S/C25H20ClNO4S/c1-29-18-5-4-6-19(15-18)30-16-20-11-14-23(31-20)25(28)27-22-7-2-3-8-24(22)32-21-12-9-17(26)10-13-21/h2-15H,16H2,1H3,(H,27,28). The van der Waals surface area contributed by atoms with Gasteiger partial charge in [-0.2, -0.15) is 0 Å². The number of para-hydroxylation sites is 1. The van der Waals surface area contributed by atoms with Crippen LogP contribution in [-0.2, 0) is 6.61 Å². The highest BCUT2D eigenvalue weighted by Crippen LogP contribution is 2.34. The van der Waals surface area contributed by atoms with Gasteiger partial charge in [0.1, 0.15) is 23.9 Å². The van der Waals surface area contributed by atoms with Crippen LogP contribution in [0.5, 0.6) is 11.5 Å². The van der Waals surface area contributed by atoms with Gasteiger partial charge in [-0.1, -0.05) is 41.6 Å². The van der Waals surface area contributed by atoms with E-state index in [0.29, 0.717) is 28.0 Å². The molecule has 5 nitrogen and oxygen atoms in total. The zero-order valence-corrected chi connectivity index (χ0v) is 18.8. The van der Waals surface area contributed by atoms with Crippen LogP contribution in [0.2, 0.25) is 5.02 Å². The average Bonchev–Trinajstić information content (AvgIpc) is 3.30. The minimum atomic E-state index is -0.332. The van der Waals surface area contributed by atoms with Crippen molar-refractivity contribution in [1.29, 1.82) is 0 Å². The number of nitrogens with one attached hydrogen (secondary N) is 1. The minimum Gasteiger partial charge on any atom is -0.497 e. The van der Waals surface area contributed by atoms with E-state index >= 15 is 0 Å². The van der Waals surface area contributed by atoms with Gasteiger partial charge >= 0.3 is 0 Å². The molecule has 1 amide bonds. The first-order chi connectivity index (χ1) is 15.6. The lowest BCUT2D eigenvalue weighted by Crippen LogP contribution is -2.11. The maximum atomic E-state index is 12.7. The van der Waals surface area contributed by atoms with E-state index in [0.717, 1.165) is 9.79 Å². The number of carbonyl (C=O) groups excluding carboxylic acids is 1. The highest BCUT2D eigenvalue weighted by Gasteiger charge is 2.14. The predicted molar refractivity (Wildman–Crippen MR) is 126 cm³/mol. The molecule has 32 heavy (non-hydrogen) atoms. The van der Waals surface area contributed by atoms with Crippen molar-refractivity contribution >= 4 is 35.0 Å². The molecule has 0 fully saturated rings. The van der Waals surface area contributed by atoms with Gasteiger partial charge in [-0.05, 0) is 60.7 Å². The lowest BCUT2D eigenvalue weighted by Gasteiger charge is -2.10. The van der Waals surface area contributed by atoms with Gasteiger partial charge in [0, 0.05) is 20.9 Å². The van der Waals surface area contributed by atoms with E-state index in [-0.39, 0.29) is 18.3 Å². The first-order valence-electron chi connectivity index (χ1n) is 9.80. The van der Waals surface area contributed by atoms with Crippen LogP contribution in [0, 0.1) is 0 Å². The third-order valence-corrected chi connectivity index (χ3v) is 5.82. The molecule has 7 heteroatoms. The van der Waals surface area contributed by atoms with E-state index in [2.05, 4.69) is 5.32 Å². The van der Waals surface area contributed by atoms with Gasteiger partial charge in [0.25, 0.3) is 5.91 Å². The Kier molecular flexibility index (Phi) is 7.04. The first kappa shape index (κ1) is 21.9. The van der Waals surface area contributed by atoms with Gasteiger partial charge in [0.05, 0.1) is 12.8 Å². The van der Waals surface area contributed by atoms with Gasteiger partial charge < -0.3 is 19.2 Å². The fraction of sp³-hybridized carbons (Fsp3) is 0.0800. The number of amides is 1. The summed E-state index contributed by atoms with van der Waals surface area (Å²) in [6.07, 6.45) is 0. The fourth-order valence-corrected chi connectivity index (χ4v) is 3.92. The quantitative estimate of drug-likeness (QED) is 0.306. The number of rotatable bonds is 8. The maximum absolute atomic E-state index is 12.7. The number of anilines is 1. The van der Waals surface area contributed by atoms with E-state index in [9.17, 15) is 4.79 Å². The van der Waals surface area contributed by atoms with Crippen LogP contribution in [0.3, 0.4) is 0 Å². The number of hydrogen-bond donors (Lipinski definition) is 1. The number of furan rings is 1. The molecule has 0 aliphatic heterocycles. The molecule has 0 aliphatic carbocycles. The Morgan fingerprint density at radius 3 is 2.56 bits per heavy atom. The van der Waals surface area contributed by atoms with Gasteiger partial charge in [-0.25, -0.2) is 0 Å². The molecule has 0 radical (unpaired) electrons. The smallest absolute Gasteiger partial charge is 0.291 e. The lowest BCUT2D eigenvalue weighted by atomic mass is 10.3. The second-order valence-corrected chi connectivity index (χ2v) is 8.29. The summed E-state index contributed by atoms with van der Waals surface area (Å²) in [7, 11) is 1.60. The van der Waals surface area contributed by atoms with Gasteiger partial charge in [0.15, 0.2) is 5.76 Å². The summed E-state index contributed by atoms with van der Waals surface area (Å²) < 4.78 is 16.6. The van der Waals surface area contributed by atoms with E-state index in [4.69, 9.17) is 25.5 Å². The molecule has 1 aromatic heterocycles. The van der Waals surface area contributed by atoms with Crippen molar-refractivity contribution < 1.29 is 18.7 Å². The highest BCUT2D eigenvalue weighted by atomic mass is 35.5. The van der Waals surface area contributed by atoms with Crippen LogP contribution >= 0.6 is 23.4 Å². The summed E-state index contributed by atoms with van der Waals surface area (Å²) in [5.41, 5.74) is 0.697. The van der Waals surface area contributed by atoms with Crippen LogP contribution in [0.4, 0.5) is 5.69 Å². The van der Waals surface area contributed by atoms with Crippen molar-refractivity contribution in [2.45, 2.75) is 16.4 Å². The second kappa shape index (κ2) is 10.3. The van der Waals surface area contributed by atoms with Crippen LogP contribution in [-0.4, -0.2) is 13.0 Å². The zero-order chi connectivity index (χ0) is 22.3. The van der Waals surface area contributed by atoms with E-state index < -0.39 is 0 Å². The predicted octanol–water partition coefficient (Wildman–Crippen LogP) is 6.92. The monoisotopic (exact) mass is 465 g/mol. The fourth-order valence-electron chi connectivity index (χ4n) is 2.90. The summed E-state index contributed by atoms with van der Waals surface area (Å²) in [6.45, 7) is 0.198. The van der Waals surface area contributed by atoms with Crippen molar-refractivity contribution in [1.82, 2.24) is 0 Å². The maximum Gasteiger partial charge on any atom is 0.291 e. The number of ether oxygens (including phenoxy) is 2. The van der Waals surface area contributed by atoms with Crippen molar-refractivity contribution in [3.05, 3.63) is 101 Å². The van der Waals surface area contributed by atoms with E-state index in [1.807, 2.05) is 66.7 Å². The first-order valence-corrected chi connectivity index (χ1v) is 11.0. The van der Waals surface area contributed by atoms with Gasteiger partial charge in [0.2, 0.25) is 0 Å². The second-order valence-electron chi connectivity index (χ2n) is 6.74. The van der Waals surface area contributed by atoms with Crippen LogP contribution < -0.4 is 14.8 Å². The molecular weight excluding hydrogens is 446 g/mol. The molecule has 0 bridgehead atoms. The van der Waals surface area contributed by atoms with Crippen LogP contribution in [0.25, 0.3) is 0 Å². The number of hydrogen-bond acceptors (Lipinski definition) is 5. The molecule has 0 spiro atoms. The molecule has 3 aromatic carbocycles. The molecule has 0 aliphatic rings. The normalized spacial score (nSPS) is 10.6. The zero-order valence-electron chi connectivity index (χ0n) is 17.2. The van der Waals surface area contributed by atoms with E-state index in [1.165, 1.54) is 11.8 Å². The minimum absolute atomic E-state index is 0.198. The molecular formula is C25H20ClNO4S. The molecule has 1 heterocycles. The molecule has 4 aromatic rings. The Labute approximate surface area is 195 Å². The number of methoxy groups -OCH3 is 1. The van der Waals surface area contributed by atoms with Crippen molar-refractivity contribution in [3.8, 4) is 11.5 Å². The van der Waals surface area contributed by atoms with Crippen molar-refractivity contribution in [3.63, 3.8) is 0 Å². The highest BCUT2D eigenvalue weighted by molar-refractivity contribution is 7.99. The SMILES string of the molecule is COc1cccc(OCc2ccc(C(=O)Nc3ccccc3Sc3ccc(Cl)cc3)o2)c1. The number of benzene rings is 3. The third kappa shape index (κ3) is 5.66. The summed E-state index contributed by atoms with van der Waals surface area (Å²) in [4.78, 5) is 14.7. The molecule has 4 rings (SSSR count). The molecule has 0 unspecified atom stereocenters. The summed E-state index contributed by atoms with van der Waals surface area (Å²) in [5.74, 6) is 1.78. The Morgan fingerprint density at radius 2 is 1.75 bits per heavy atom. The lowest BCUT2D eigenvalue weighted by molar-refractivity contribution is 0.0992. The van der Waals surface area contributed by atoms with Gasteiger partial charge in [-0.15, -0.1) is 0 Å². The Hall–Kier alpha value is -3.35. The molecule has 0 atom stereocenters. The van der Waals surface area contributed by atoms with Crippen molar-refractivity contribution in [2.24, 2.45) is 0 Å². The van der Waals surface area contributed by atoms with Gasteiger partial charge in [-0.3, -0.25) is 4.79 Å². The third-order valence-electron chi connectivity index (χ3n) is 4.48. The Balaban J connectivity index is 1.40. The van der Waals surface area contributed by atoms with Crippen LogP contribution in [0.1, 0.15) is 16.3 Å². The number of halogens is 1. The molecule has 162 valence electrons. The number of carbonyl (C=O) groups is 1. The Morgan fingerprint density at radius 1 is 0.969 bits per heavy atom. The largest absolute Gasteiger partial charge is 0.497 e.